The van der Waals surface area contributed by atoms with E-state index in [9.17, 15) is 4.79 Å². The normalized spacial score (nSPS) is 11.7. The minimum Gasteiger partial charge on any atom is -0.493 e. The number of likely N-dealkylation sites (N-methyl/N-ethyl adjacent to an activating group) is 1. The van der Waals surface area contributed by atoms with Gasteiger partial charge in [0, 0.05) is 13.6 Å². The number of amides is 1. The fraction of sp³-hybridized carbons (Fsp3) is 0.292. The van der Waals surface area contributed by atoms with Gasteiger partial charge in [0.25, 0.3) is 0 Å². The molecular weight excluding hydrogens is 380 g/mol. The van der Waals surface area contributed by atoms with Crippen LogP contribution in [0.25, 0.3) is 0 Å². The molecule has 3 aromatic rings. The SMILES string of the molecule is COc1cc(CN(C)C(=O)CN[C@H](C)c2ccco2)ccc1OCc1ccccc1. The van der Waals surface area contributed by atoms with Crippen molar-refractivity contribution >= 4 is 5.91 Å². The maximum atomic E-state index is 12.5. The number of nitrogens with one attached hydrogen (secondary N) is 1. The molecule has 1 heterocycles. The molecule has 0 bridgehead atoms. The van der Waals surface area contributed by atoms with E-state index in [2.05, 4.69) is 5.32 Å². The van der Waals surface area contributed by atoms with Crippen molar-refractivity contribution in [1.82, 2.24) is 10.2 Å². The highest BCUT2D eigenvalue weighted by Crippen LogP contribution is 2.29. The first-order chi connectivity index (χ1) is 14.6. The van der Waals surface area contributed by atoms with Gasteiger partial charge in [-0.05, 0) is 42.3 Å². The highest BCUT2D eigenvalue weighted by Gasteiger charge is 2.14. The Balaban J connectivity index is 1.54. The number of carbonyl (C=O) groups excluding carboxylic acids is 1. The van der Waals surface area contributed by atoms with E-state index in [0.29, 0.717) is 24.7 Å². The van der Waals surface area contributed by atoms with Crippen LogP contribution in [-0.2, 0) is 17.9 Å². The monoisotopic (exact) mass is 408 g/mol. The third-order valence-electron chi connectivity index (χ3n) is 4.84. The molecule has 6 nitrogen and oxygen atoms in total. The van der Waals surface area contributed by atoms with Gasteiger partial charge in [0.1, 0.15) is 12.4 Å². The molecule has 0 radical (unpaired) electrons. The first-order valence-corrected chi connectivity index (χ1v) is 9.91. The summed E-state index contributed by atoms with van der Waals surface area (Å²) in [5, 5.41) is 3.19. The molecule has 0 saturated heterocycles. The number of carbonyl (C=O) groups is 1. The Morgan fingerprint density at radius 3 is 2.57 bits per heavy atom. The van der Waals surface area contributed by atoms with Crippen LogP contribution < -0.4 is 14.8 Å². The number of methoxy groups -OCH3 is 1. The van der Waals surface area contributed by atoms with E-state index in [1.807, 2.05) is 67.6 Å². The van der Waals surface area contributed by atoms with E-state index < -0.39 is 0 Å². The van der Waals surface area contributed by atoms with Crippen LogP contribution in [0.4, 0.5) is 0 Å². The summed E-state index contributed by atoms with van der Waals surface area (Å²) in [6.07, 6.45) is 1.63. The first kappa shape index (κ1) is 21.5. The van der Waals surface area contributed by atoms with Gasteiger partial charge in [-0.2, -0.15) is 0 Å². The zero-order valence-corrected chi connectivity index (χ0v) is 17.6. The Bertz CT molecular complexity index is 926. The van der Waals surface area contributed by atoms with E-state index in [0.717, 1.165) is 16.9 Å². The predicted molar refractivity (Wildman–Crippen MR) is 115 cm³/mol. The van der Waals surface area contributed by atoms with E-state index in [1.54, 1.807) is 25.3 Å². The van der Waals surface area contributed by atoms with Crippen LogP contribution in [0, 0.1) is 0 Å². The largest absolute Gasteiger partial charge is 0.493 e. The zero-order valence-electron chi connectivity index (χ0n) is 17.6. The predicted octanol–water partition coefficient (Wildman–Crippen LogP) is 4.18. The molecule has 1 N–H and O–H groups in total. The average Bonchev–Trinajstić information content (AvgIpc) is 3.32. The lowest BCUT2D eigenvalue weighted by molar-refractivity contribution is -0.129. The van der Waals surface area contributed by atoms with Crippen molar-refractivity contribution < 1.29 is 18.7 Å². The van der Waals surface area contributed by atoms with Gasteiger partial charge in [0.2, 0.25) is 5.91 Å². The van der Waals surface area contributed by atoms with Crippen molar-refractivity contribution in [2.24, 2.45) is 0 Å². The van der Waals surface area contributed by atoms with Gasteiger partial charge in [-0.25, -0.2) is 0 Å². The molecule has 0 aliphatic rings. The van der Waals surface area contributed by atoms with Gasteiger partial charge in [-0.3, -0.25) is 10.1 Å². The smallest absolute Gasteiger partial charge is 0.236 e. The standard InChI is InChI=1S/C24H28N2O4/c1-18(21-10-7-13-29-21)25-15-24(27)26(2)16-20-11-12-22(23(14-20)28-3)30-17-19-8-5-4-6-9-19/h4-14,18,25H,15-17H2,1-3H3/t18-/m1/s1. The fourth-order valence-corrected chi connectivity index (χ4v) is 3.04. The third kappa shape index (κ3) is 5.87. The van der Waals surface area contributed by atoms with Crippen molar-refractivity contribution in [1.29, 1.82) is 0 Å². The summed E-state index contributed by atoms with van der Waals surface area (Å²) in [6.45, 7) is 3.14. The van der Waals surface area contributed by atoms with Crippen molar-refractivity contribution in [3.8, 4) is 11.5 Å². The molecule has 0 saturated carbocycles. The second-order valence-corrected chi connectivity index (χ2v) is 7.13. The molecule has 2 aromatic carbocycles. The maximum absolute atomic E-state index is 12.5. The first-order valence-electron chi connectivity index (χ1n) is 9.91. The molecule has 0 aliphatic heterocycles. The lowest BCUT2D eigenvalue weighted by Gasteiger charge is -2.20. The van der Waals surface area contributed by atoms with Gasteiger partial charge in [0.05, 0.1) is 26.0 Å². The Hall–Kier alpha value is -3.25. The summed E-state index contributed by atoms with van der Waals surface area (Å²) in [5.74, 6) is 2.12. The van der Waals surface area contributed by atoms with Crippen LogP contribution in [0.5, 0.6) is 11.5 Å². The number of nitrogens with zero attached hydrogens (tertiary/aromatic N) is 1. The lowest BCUT2D eigenvalue weighted by atomic mass is 10.2. The van der Waals surface area contributed by atoms with E-state index in [1.165, 1.54) is 0 Å². The van der Waals surface area contributed by atoms with Crippen LogP contribution in [0.1, 0.15) is 29.9 Å². The molecule has 1 amide bonds. The molecule has 0 spiro atoms. The lowest BCUT2D eigenvalue weighted by Crippen LogP contribution is -2.36. The minimum absolute atomic E-state index is 0.00298. The van der Waals surface area contributed by atoms with Gasteiger partial charge in [0.15, 0.2) is 11.5 Å². The number of ether oxygens (including phenoxy) is 2. The van der Waals surface area contributed by atoms with E-state index in [-0.39, 0.29) is 18.5 Å². The van der Waals surface area contributed by atoms with Crippen molar-refractivity contribution in [3.63, 3.8) is 0 Å². The highest BCUT2D eigenvalue weighted by atomic mass is 16.5. The minimum atomic E-state index is -0.0292. The molecule has 30 heavy (non-hydrogen) atoms. The Kier molecular flexibility index (Phi) is 7.51. The average molecular weight is 408 g/mol. The summed E-state index contributed by atoms with van der Waals surface area (Å²) in [7, 11) is 3.40. The van der Waals surface area contributed by atoms with Gasteiger partial charge < -0.3 is 18.8 Å². The highest BCUT2D eigenvalue weighted by molar-refractivity contribution is 5.78. The Morgan fingerprint density at radius 2 is 1.87 bits per heavy atom. The number of rotatable bonds is 10. The summed E-state index contributed by atoms with van der Waals surface area (Å²) >= 11 is 0. The zero-order chi connectivity index (χ0) is 21.3. The molecule has 3 rings (SSSR count). The van der Waals surface area contributed by atoms with E-state index >= 15 is 0 Å². The van der Waals surface area contributed by atoms with Crippen molar-refractivity contribution in [2.45, 2.75) is 26.1 Å². The van der Waals surface area contributed by atoms with Crippen LogP contribution in [0.15, 0.2) is 71.3 Å². The molecule has 158 valence electrons. The van der Waals surface area contributed by atoms with Crippen LogP contribution in [0.2, 0.25) is 0 Å². The molecule has 0 fully saturated rings. The second-order valence-electron chi connectivity index (χ2n) is 7.13. The second kappa shape index (κ2) is 10.5. The summed E-state index contributed by atoms with van der Waals surface area (Å²) in [6, 6.07) is 19.4. The Morgan fingerprint density at radius 1 is 1.07 bits per heavy atom. The molecule has 6 heteroatoms. The van der Waals surface area contributed by atoms with E-state index in [4.69, 9.17) is 13.9 Å². The molecular formula is C24H28N2O4. The molecule has 1 atom stereocenters. The number of furan rings is 1. The van der Waals surface area contributed by atoms with Crippen LogP contribution in [0.3, 0.4) is 0 Å². The maximum Gasteiger partial charge on any atom is 0.236 e. The van der Waals surface area contributed by atoms with Gasteiger partial charge in [-0.1, -0.05) is 36.4 Å². The van der Waals surface area contributed by atoms with Gasteiger partial charge in [-0.15, -0.1) is 0 Å². The summed E-state index contributed by atoms with van der Waals surface area (Å²) in [5.41, 5.74) is 2.05. The molecule has 0 aliphatic carbocycles. The van der Waals surface area contributed by atoms with Gasteiger partial charge >= 0.3 is 0 Å². The Labute approximate surface area is 177 Å². The van der Waals surface area contributed by atoms with Crippen molar-refractivity contribution in [2.75, 3.05) is 20.7 Å². The number of benzene rings is 2. The van der Waals surface area contributed by atoms with Crippen LogP contribution in [-0.4, -0.2) is 31.5 Å². The van der Waals surface area contributed by atoms with Crippen LogP contribution >= 0.6 is 0 Å². The topological polar surface area (TPSA) is 63.9 Å². The van der Waals surface area contributed by atoms with Crippen molar-refractivity contribution in [3.05, 3.63) is 83.8 Å². The summed E-state index contributed by atoms with van der Waals surface area (Å²) < 4.78 is 16.7. The fourth-order valence-electron chi connectivity index (χ4n) is 3.04. The third-order valence-corrected chi connectivity index (χ3v) is 4.84. The molecule has 0 unspecified atom stereocenters. The molecule has 1 aromatic heterocycles. The summed E-state index contributed by atoms with van der Waals surface area (Å²) in [4.78, 5) is 14.2. The quantitative estimate of drug-likeness (QED) is 0.545. The number of hydrogen-bond acceptors (Lipinski definition) is 5. The number of hydrogen-bond donors (Lipinski definition) is 1.